The van der Waals surface area contributed by atoms with Crippen molar-refractivity contribution in [1.82, 2.24) is 14.9 Å². The van der Waals surface area contributed by atoms with Gasteiger partial charge in [-0.05, 0) is 33.4 Å². The molecule has 0 spiro atoms. The van der Waals surface area contributed by atoms with Gasteiger partial charge in [0.25, 0.3) is 0 Å². The second-order valence-electron chi connectivity index (χ2n) is 5.67. The van der Waals surface area contributed by atoms with Gasteiger partial charge in [-0.1, -0.05) is 13.8 Å². The van der Waals surface area contributed by atoms with Crippen LogP contribution in [0, 0.1) is 12.8 Å². The maximum Gasteiger partial charge on any atom is 0.132 e. The van der Waals surface area contributed by atoms with E-state index in [1.54, 1.807) is 0 Å². The zero-order valence-corrected chi connectivity index (χ0v) is 13.0. The highest BCUT2D eigenvalue weighted by Crippen LogP contribution is 2.15. The minimum absolute atomic E-state index is 0.397. The highest BCUT2D eigenvalue weighted by Gasteiger charge is 2.13. The number of nitrogens with one attached hydrogen (secondary N) is 2. The van der Waals surface area contributed by atoms with Gasteiger partial charge < -0.3 is 15.5 Å². The molecule has 1 unspecified atom stereocenters. The largest absolute Gasteiger partial charge is 0.373 e. The van der Waals surface area contributed by atoms with Crippen LogP contribution in [-0.2, 0) is 0 Å². The Balaban J connectivity index is 2.79. The predicted molar refractivity (Wildman–Crippen MR) is 81.7 cm³/mol. The Kier molecular flexibility index (Phi) is 6.02. The van der Waals surface area contributed by atoms with Gasteiger partial charge in [0.05, 0.1) is 0 Å². The number of hydrogen-bond acceptors (Lipinski definition) is 5. The third-order valence-corrected chi connectivity index (χ3v) is 2.79. The minimum Gasteiger partial charge on any atom is -0.373 e. The first-order valence-corrected chi connectivity index (χ1v) is 6.85. The van der Waals surface area contributed by atoms with E-state index in [0.29, 0.717) is 12.0 Å². The normalized spacial score (nSPS) is 12.8. The number of anilines is 2. The fourth-order valence-electron chi connectivity index (χ4n) is 2.17. The Labute approximate surface area is 116 Å². The maximum atomic E-state index is 4.46. The molecule has 1 aromatic heterocycles. The molecule has 0 amide bonds. The number of aromatic nitrogens is 2. The second-order valence-corrected chi connectivity index (χ2v) is 5.67. The molecule has 5 nitrogen and oxygen atoms in total. The van der Waals surface area contributed by atoms with Crippen molar-refractivity contribution in [2.45, 2.75) is 33.2 Å². The fraction of sp³-hybridized carbons (Fsp3) is 0.714. The lowest BCUT2D eigenvalue weighted by Gasteiger charge is -2.24. The van der Waals surface area contributed by atoms with Gasteiger partial charge in [0, 0.05) is 25.7 Å². The average molecular weight is 265 g/mol. The van der Waals surface area contributed by atoms with Crippen molar-refractivity contribution >= 4 is 11.6 Å². The maximum absolute atomic E-state index is 4.46. The summed E-state index contributed by atoms with van der Waals surface area (Å²) in [6.45, 7) is 7.40. The fourth-order valence-corrected chi connectivity index (χ4v) is 2.17. The smallest absolute Gasteiger partial charge is 0.132 e. The average Bonchev–Trinajstić information content (AvgIpc) is 2.26. The van der Waals surface area contributed by atoms with Gasteiger partial charge in [-0.25, -0.2) is 9.97 Å². The highest BCUT2D eigenvalue weighted by atomic mass is 15.1. The molecule has 108 valence electrons. The van der Waals surface area contributed by atoms with Crippen LogP contribution in [-0.4, -0.2) is 48.6 Å². The summed E-state index contributed by atoms with van der Waals surface area (Å²) in [6, 6.07) is 2.35. The molecule has 0 radical (unpaired) electrons. The van der Waals surface area contributed by atoms with Crippen molar-refractivity contribution in [3.8, 4) is 0 Å². The van der Waals surface area contributed by atoms with Crippen LogP contribution in [0.25, 0.3) is 0 Å². The Hall–Kier alpha value is -1.36. The molecule has 1 aromatic rings. The standard InChI is InChI=1S/C14H27N5/c1-10(2)7-12(9-19(5)6)18-14-8-13(15-4)16-11(3)17-14/h8,10,12H,7,9H2,1-6H3,(H2,15,16,17,18). The Morgan fingerprint density at radius 1 is 1.21 bits per heavy atom. The van der Waals surface area contributed by atoms with Crippen molar-refractivity contribution in [3.63, 3.8) is 0 Å². The zero-order valence-electron chi connectivity index (χ0n) is 13.0. The van der Waals surface area contributed by atoms with E-state index in [1.807, 2.05) is 20.0 Å². The molecule has 1 heterocycles. The van der Waals surface area contributed by atoms with E-state index in [-0.39, 0.29) is 0 Å². The number of nitrogens with zero attached hydrogens (tertiary/aromatic N) is 3. The third kappa shape index (κ3) is 5.87. The van der Waals surface area contributed by atoms with Crippen LogP contribution in [0.5, 0.6) is 0 Å². The van der Waals surface area contributed by atoms with Gasteiger partial charge in [-0.2, -0.15) is 0 Å². The molecule has 1 rings (SSSR count). The van der Waals surface area contributed by atoms with Gasteiger partial charge in [0.15, 0.2) is 0 Å². The molecule has 0 bridgehead atoms. The summed E-state index contributed by atoms with van der Waals surface area (Å²) >= 11 is 0. The van der Waals surface area contributed by atoms with Crippen LogP contribution in [0.3, 0.4) is 0 Å². The van der Waals surface area contributed by atoms with Crippen molar-refractivity contribution in [3.05, 3.63) is 11.9 Å². The van der Waals surface area contributed by atoms with E-state index in [1.165, 1.54) is 0 Å². The van der Waals surface area contributed by atoms with Gasteiger partial charge in [-0.15, -0.1) is 0 Å². The summed E-state index contributed by atoms with van der Waals surface area (Å²) in [5, 5.41) is 6.59. The number of rotatable bonds is 7. The summed E-state index contributed by atoms with van der Waals surface area (Å²) in [6.07, 6.45) is 1.12. The molecule has 2 N–H and O–H groups in total. The molecule has 0 fully saturated rings. The van der Waals surface area contributed by atoms with Gasteiger partial charge in [-0.3, -0.25) is 0 Å². The van der Waals surface area contributed by atoms with Crippen LogP contribution in [0.1, 0.15) is 26.1 Å². The monoisotopic (exact) mass is 265 g/mol. The molecule has 0 aliphatic heterocycles. The lowest BCUT2D eigenvalue weighted by molar-refractivity contribution is 0.356. The van der Waals surface area contributed by atoms with Crippen LogP contribution in [0.4, 0.5) is 11.6 Å². The van der Waals surface area contributed by atoms with Crippen LogP contribution in [0.15, 0.2) is 6.07 Å². The second kappa shape index (κ2) is 7.28. The number of likely N-dealkylation sites (N-methyl/N-ethyl adjacent to an activating group) is 1. The minimum atomic E-state index is 0.397. The van der Waals surface area contributed by atoms with E-state index < -0.39 is 0 Å². The van der Waals surface area contributed by atoms with E-state index in [9.17, 15) is 0 Å². The molecular weight excluding hydrogens is 238 g/mol. The third-order valence-electron chi connectivity index (χ3n) is 2.79. The van der Waals surface area contributed by atoms with Crippen molar-refractivity contribution in [1.29, 1.82) is 0 Å². The molecule has 19 heavy (non-hydrogen) atoms. The van der Waals surface area contributed by atoms with Crippen molar-refractivity contribution < 1.29 is 0 Å². The van der Waals surface area contributed by atoms with E-state index in [2.05, 4.69) is 53.4 Å². The van der Waals surface area contributed by atoms with Gasteiger partial charge >= 0.3 is 0 Å². The Morgan fingerprint density at radius 2 is 1.84 bits per heavy atom. The van der Waals surface area contributed by atoms with E-state index >= 15 is 0 Å². The van der Waals surface area contributed by atoms with Crippen LogP contribution in [0.2, 0.25) is 0 Å². The summed E-state index contributed by atoms with van der Waals surface area (Å²) in [4.78, 5) is 11.0. The first-order valence-electron chi connectivity index (χ1n) is 6.85. The molecule has 0 saturated heterocycles. The Bertz CT molecular complexity index is 379. The van der Waals surface area contributed by atoms with Crippen LogP contribution < -0.4 is 10.6 Å². The van der Waals surface area contributed by atoms with Crippen molar-refractivity contribution in [2.24, 2.45) is 5.92 Å². The number of aryl methyl sites for hydroxylation is 1. The molecule has 5 heteroatoms. The zero-order chi connectivity index (χ0) is 14.4. The summed E-state index contributed by atoms with van der Waals surface area (Å²) in [5.41, 5.74) is 0. The molecule has 0 aliphatic carbocycles. The first-order chi connectivity index (χ1) is 8.90. The Morgan fingerprint density at radius 3 is 2.37 bits per heavy atom. The number of hydrogen-bond donors (Lipinski definition) is 2. The lowest BCUT2D eigenvalue weighted by Crippen LogP contribution is -2.33. The van der Waals surface area contributed by atoms with Gasteiger partial charge in [0.2, 0.25) is 0 Å². The lowest BCUT2D eigenvalue weighted by atomic mass is 10.0. The molecule has 0 saturated carbocycles. The highest BCUT2D eigenvalue weighted by molar-refractivity contribution is 5.47. The van der Waals surface area contributed by atoms with Gasteiger partial charge in [0.1, 0.15) is 17.5 Å². The topological polar surface area (TPSA) is 53.1 Å². The molecule has 0 aromatic carbocycles. The SMILES string of the molecule is CNc1cc(NC(CC(C)C)CN(C)C)nc(C)n1. The molecule has 1 atom stereocenters. The predicted octanol–water partition coefficient (Wildman–Crippen LogP) is 2.21. The summed E-state index contributed by atoms with van der Waals surface area (Å²) in [5.74, 6) is 3.18. The molecule has 0 aliphatic rings. The summed E-state index contributed by atoms with van der Waals surface area (Å²) < 4.78 is 0. The van der Waals surface area contributed by atoms with E-state index in [4.69, 9.17) is 0 Å². The first kappa shape index (κ1) is 15.7. The van der Waals surface area contributed by atoms with Crippen molar-refractivity contribution in [2.75, 3.05) is 38.3 Å². The quantitative estimate of drug-likeness (QED) is 0.791. The molecular formula is C14H27N5. The van der Waals surface area contributed by atoms with Crippen LogP contribution >= 0.6 is 0 Å². The summed E-state index contributed by atoms with van der Waals surface area (Å²) in [7, 11) is 6.06. The van der Waals surface area contributed by atoms with E-state index in [0.717, 1.165) is 30.4 Å².